The zero-order valence-electron chi connectivity index (χ0n) is 19.6. The first kappa shape index (κ1) is 23.7. The van der Waals surface area contributed by atoms with Crippen molar-refractivity contribution in [1.82, 2.24) is 15.0 Å². The van der Waals surface area contributed by atoms with E-state index in [-0.39, 0.29) is 16.9 Å². The van der Waals surface area contributed by atoms with Gasteiger partial charge in [-0.15, -0.1) is 0 Å². The molecule has 0 aliphatic carbocycles. The number of anilines is 2. The van der Waals surface area contributed by atoms with Crippen LogP contribution >= 0.6 is 0 Å². The normalized spacial score (nSPS) is 11.2. The first-order chi connectivity index (χ1) is 16.6. The molecule has 0 saturated heterocycles. The lowest BCUT2D eigenvalue weighted by atomic mass is 9.86. The number of nitriles is 1. The van der Waals surface area contributed by atoms with Gasteiger partial charge in [0.05, 0.1) is 22.7 Å². The zero-order valence-corrected chi connectivity index (χ0v) is 19.6. The molecule has 0 fully saturated rings. The maximum Gasteiger partial charge on any atom is 0.274 e. The molecule has 3 aromatic heterocycles. The van der Waals surface area contributed by atoms with E-state index in [0.29, 0.717) is 28.0 Å². The van der Waals surface area contributed by atoms with Crippen LogP contribution < -0.4 is 10.6 Å². The average molecular weight is 472 g/mol. The van der Waals surface area contributed by atoms with Crippen molar-refractivity contribution in [2.45, 2.75) is 26.2 Å². The third-order valence-corrected chi connectivity index (χ3v) is 5.83. The van der Waals surface area contributed by atoms with E-state index >= 15 is 0 Å². The summed E-state index contributed by atoms with van der Waals surface area (Å²) in [4.78, 5) is 25.5. The first-order valence-electron chi connectivity index (χ1n) is 10.8. The summed E-state index contributed by atoms with van der Waals surface area (Å²) in [6, 6.07) is 10.2. The van der Waals surface area contributed by atoms with Gasteiger partial charge in [-0.2, -0.15) is 5.26 Å². The molecule has 35 heavy (non-hydrogen) atoms. The molecule has 2 N–H and O–H groups in total. The number of carbonyl (C=O) groups excluding carboxylic acids is 1. The van der Waals surface area contributed by atoms with Crippen LogP contribution in [0, 0.1) is 29.9 Å². The van der Waals surface area contributed by atoms with Gasteiger partial charge in [0.15, 0.2) is 11.6 Å². The lowest BCUT2D eigenvalue weighted by molar-refractivity contribution is 0.102. The smallest absolute Gasteiger partial charge is 0.274 e. The highest BCUT2D eigenvalue weighted by Crippen LogP contribution is 2.33. The van der Waals surface area contributed by atoms with E-state index in [2.05, 4.69) is 31.7 Å². The summed E-state index contributed by atoms with van der Waals surface area (Å²) in [7, 11) is 1.75. The second kappa shape index (κ2) is 9.06. The molecule has 0 bridgehead atoms. The Hall–Kier alpha value is -4.45. The summed E-state index contributed by atoms with van der Waals surface area (Å²) < 4.78 is 29.7. The number of rotatable bonds is 5. The minimum absolute atomic E-state index is 0.0217. The van der Waals surface area contributed by atoms with Crippen LogP contribution in [0.3, 0.4) is 0 Å². The Morgan fingerprint density at radius 1 is 1.06 bits per heavy atom. The summed E-state index contributed by atoms with van der Waals surface area (Å²) in [6.07, 6.45) is 4.59. The highest BCUT2D eigenvalue weighted by atomic mass is 19.2. The van der Waals surface area contributed by atoms with Crippen LogP contribution in [0.2, 0.25) is 0 Å². The molecular weight excluding hydrogens is 450 g/mol. The molecule has 3 heterocycles. The Kier molecular flexibility index (Phi) is 6.14. The molecular formula is C26H22F2N6O. The number of amides is 1. The first-order valence-corrected chi connectivity index (χ1v) is 10.8. The molecule has 0 radical (unpaired) electrons. The molecule has 0 saturated carbocycles. The number of fused-ring (bicyclic) bond motifs is 1. The Balaban J connectivity index is 1.72. The number of aromatic nitrogens is 3. The predicted molar refractivity (Wildman–Crippen MR) is 130 cm³/mol. The van der Waals surface area contributed by atoms with Crippen LogP contribution in [0.5, 0.6) is 0 Å². The summed E-state index contributed by atoms with van der Waals surface area (Å²) in [6.45, 7) is 4.87. The third kappa shape index (κ3) is 4.51. The van der Waals surface area contributed by atoms with Gasteiger partial charge in [-0.25, -0.2) is 13.8 Å². The standard InChI is InChI=1S/C26H22F2N6O/c1-14-18(15-7-16-12-33-22(30-4)10-19(16)32-11-15)9-20(24(28)23(14)27)34-25(35)21-8-17(5-6-31-21)26(2,3)13-29/h5-12H,1-4H3,(H,30,33)(H,34,35). The Morgan fingerprint density at radius 3 is 2.54 bits per heavy atom. The third-order valence-electron chi connectivity index (χ3n) is 5.83. The van der Waals surface area contributed by atoms with Crippen molar-refractivity contribution in [1.29, 1.82) is 5.26 Å². The molecule has 0 aliphatic heterocycles. The molecule has 1 aromatic carbocycles. The van der Waals surface area contributed by atoms with Crippen molar-refractivity contribution >= 4 is 28.3 Å². The van der Waals surface area contributed by atoms with E-state index < -0.39 is 23.0 Å². The van der Waals surface area contributed by atoms with Crippen LogP contribution in [0.1, 0.15) is 35.5 Å². The average Bonchev–Trinajstić information content (AvgIpc) is 2.88. The van der Waals surface area contributed by atoms with Crippen LogP contribution in [0.15, 0.2) is 48.9 Å². The molecule has 7 nitrogen and oxygen atoms in total. The second-order valence-corrected chi connectivity index (χ2v) is 8.58. The van der Waals surface area contributed by atoms with Crippen LogP contribution in [-0.2, 0) is 5.41 Å². The Labute approximate surface area is 200 Å². The van der Waals surface area contributed by atoms with Crippen LogP contribution in [-0.4, -0.2) is 27.9 Å². The molecule has 176 valence electrons. The van der Waals surface area contributed by atoms with E-state index in [4.69, 9.17) is 0 Å². The molecule has 0 spiro atoms. The van der Waals surface area contributed by atoms with Crippen molar-refractivity contribution in [2.75, 3.05) is 17.7 Å². The number of hydrogen-bond acceptors (Lipinski definition) is 6. The number of benzene rings is 1. The molecule has 9 heteroatoms. The molecule has 1 amide bonds. The Morgan fingerprint density at radius 2 is 1.83 bits per heavy atom. The largest absolute Gasteiger partial charge is 0.373 e. The summed E-state index contributed by atoms with van der Waals surface area (Å²) in [5.41, 5.74) is 1.06. The molecule has 4 rings (SSSR count). The van der Waals surface area contributed by atoms with Gasteiger partial charge < -0.3 is 10.6 Å². The highest BCUT2D eigenvalue weighted by molar-refractivity contribution is 6.03. The van der Waals surface area contributed by atoms with Crippen molar-refractivity contribution in [2.24, 2.45) is 0 Å². The van der Waals surface area contributed by atoms with Crippen LogP contribution in [0.25, 0.3) is 22.0 Å². The van der Waals surface area contributed by atoms with E-state index in [1.807, 2.05) is 0 Å². The minimum Gasteiger partial charge on any atom is -0.373 e. The van der Waals surface area contributed by atoms with Crippen LogP contribution in [0.4, 0.5) is 20.3 Å². The molecule has 0 atom stereocenters. The van der Waals surface area contributed by atoms with Gasteiger partial charge in [-0.05, 0) is 61.7 Å². The van der Waals surface area contributed by atoms with E-state index in [0.717, 1.165) is 5.39 Å². The topological polar surface area (TPSA) is 104 Å². The lowest BCUT2D eigenvalue weighted by Gasteiger charge is -2.16. The van der Waals surface area contributed by atoms with E-state index in [1.54, 1.807) is 51.5 Å². The fraction of sp³-hybridized carbons (Fsp3) is 0.192. The van der Waals surface area contributed by atoms with Gasteiger partial charge in [0.1, 0.15) is 11.5 Å². The number of hydrogen-bond donors (Lipinski definition) is 2. The van der Waals surface area contributed by atoms with Crippen molar-refractivity contribution in [3.8, 4) is 17.2 Å². The van der Waals surface area contributed by atoms with E-state index in [9.17, 15) is 18.8 Å². The summed E-state index contributed by atoms with van der Waals surface area (Å²) in [5.74, 6) is -2.33. The van der Waals surface area contributed by atoms with Crippen molar-refractivity contribution < 1.29 is 13.6 Å². The number of halogens is 2. The quantitative estimate of drug-likeness (QED) is 0.405. The summed E-state index contributed by atoms with van der Waals surface area (Å²) in [5, 5.41) is 15.4. The van der Waals surface area contributed by atoms with Gasteiger partial charge in [0.25, 0.3) is 5.91 Å². The zero-order chi connectivity index (χ0) is 25.3. The maximum absolute atomic E-state index is 14.9. The predicted octanol–water partition coefficient (Wildman–Crippen LogP) is 5.37. The number of nitrogens with zero attached hydrogens (tertiary/aromatic N) is 4. The van der Waals surface area contributed by atoms with Gasteiger partial charge in [0, 0.05) is 42.7 Å². The second-order valence-electron chi connectivity index (χ2n) is 8.58. The summed E-state index contributed by atoms with van der Waals surface area (Å²) >= 11 is 0. The number of pyridine rings is 3. The van der Waals surface area contributed by atoms with Gasteiger partial charge in [-0.1, -0.05) is 0 Å². The SMILES string of the molecule is CNc1cc2ncc(-c3cc(NC(=O)c4cc(C(C)(C)C#N)ccn4)c(F)c(F)c3C)cc2cn1. The van der Waals surface area contributed by atoms with Crippen molar-refractivity contribution in [3.05, 3.63) is 77.4 Å². The van der Waals surface area contributed by atoms with E-state index in [1.165, 1.54) is 25.3 Å². The fourth-order valence-corrected chi connectivity index (χ4v) is 3.61. The highest BCUT2D eigenvalue weighted by Gasteiger charge is 2.23. The van der Waals surface area contributed by atoms with Crippen molar-refractivity contribution in [3.63, 3.8) is 0 Å². The number of nitrogens with one attached hydrogen (secondary N) is 2. The Bertz CT molecular complexity index is 1510. The fourth-order valence-electron chi connectivity index (χ4n) is 3.61. The van der Waals surface area contributed by atoms with Gasteiger partial charge >= 0.3 is 0 Å². The lowest BCUT2D eigenvalue weighted by Crippen LogP contribution is -2.19. The monoisotopic (exact) mass is 472 g/mol. The van der Waals surface area contributed by atoms with Gasteiger partial charge in [-0.3, -0.25) is 14.8 Å². The molecule has 0 aliphatic rings. The molecule has 4 aromatic rings. The minimum atomic E-state index is -1.18. The maximum atomic E-state index is 14.9. The van der Waals surface area contributed by atoms with Gasteiger partial charge in [0.2, 0.25) is 0 Å². The molecule has 0 unspecified atom stereocenters. The number of carbonyl (C=O) groups is 1.